The fourth-order valence-corrected chi connectivity index (χ4v) is 4.52. The normalized spacial score (nSPS) is 22.7. The van der Waals surface area contributed by atoms with Gasteiger partial charge in [-0.2, -0.15) is 0 Å². The molecule has 2 aliphatic rings. The summed E-state index contributed by atoms with van der Waals surface area (Å²) in [6.45, 7) is 2.11. The zero-order chi connectivity index (χ0) is 18.9. The minimum atomic E-state index is 0.337. The Kier molecular flexibility index (Phi) is 4.32. The van der Waals surface area contributed by atoms with Gasteiger partial charge in [0.2, 0.25) is 0 Å². The van der Waals surface area contributed by atoms with E-state index in [-0.39, 0.29) is 0 Å². The largest absolute Gasteiger partial charge is 0.378 e. The molecule has 0 saturated heterocycles. The van der Waals surface area contributed by atoms with E-state index in [2.05, 4.69) is 102 Å². The molecule has 0 bridgehead atoms. The smallest absolute Gasteiger partial charge is 0.0630 e. The summed E-state index contributed by atoms with van der Waals surface area (Å²) < 4.78 is 0. The highest BCUT2D eigenvalue weighted by Crippen LogP contribution is 2.49. The fourth-order valence-electron chi connectivity index (χ4n) is 4.52. The third kappa shape index (κ3) is 3.05. The summed E-state index contributed by atoms with van der Waals surface area (Å²) in [5.74, 6) is 1.09. The molecule has 138 valence electrons. The summed E-state index contributed by atoms with van der Waals surface area (Å²) in [4.78, 5) is 4.67. The van der Waals surface area contributed by atoms with Crippen molar-refractivity contribution in [3.8, 4) is 0 Å². The van der Waals surface area contributed by atoms with Crippen LogP contribution in [0.4, 0.5) is 11.4 Å². The van der Waals surface area contributed by atoms with Gasteiger partial charge in [0, 0.05) is 17.8 Å². The number of aryl methyl sites for hydroxylation is 1. The first-order valence-corrected chi connectivity index (χ1v) is 10.0. The number of anilines is 1. The molecule has 1 N–H and O–H groups in total. The Labute approximate surface area is 166 Å². The zero-order valence-corrected chi connectivity index (χ0v) is 16.0. The van der Waals surface area contributed by atoms with Crippen LogP contribution in [0.3, 0.4) is 0 Å². The summed E-state index contributed by atoms with van der Waals surface area (Å²) in [7, 11) is 0. The van der Waals surface area contributed by atoms with E-state index < -0.39 is 0 Å². The molecule has 2 nitrogen and oxygen atoms in total. The molecule has 3 aromatic rings. The minimum Gasteiger partial charge on any atom is -0.378 e. The molecule has 28 heavy (non-hydrogen) atoms. The van der Waals surface area contributed by atoms with Crippen LogP contribution in [0.5, 0.6) is 0 Å². The van der Waals surface area contributed by atoms with Crippen molar-refractivity contribution < 1.29 is 0 Å². The molecule has 3 atom stereocenters. The molecule has 0 amide bonds. The van der Waals surface area contributed by atoms with E-state index in [1.54, 1.807) is 0 Å². The quantitative estimate of drug-likeness (QED) is 0.412. The van der Waals surface area contributed by atoms with Crippen molar-refractivity contribution >= 4 is 17.6 Å². The lowest BCUT2D eigenvalue weighted by atomic mass is 9.77. The van der Waals surface area contributed by atoms with E-state index in [1.807, 2.05) is 6.21 Å². The van der Waals surface area contributed by atoms with Gasteiger partial charge in [0.1, 0.15) is 0 Å². The first-order valence-electron chi connectivity index (χ1n) is 10.0. The lowest BCUT2D eigenvalue weighted by Gasteiger charge is -2.37. The van der Waals surface area contributed by atoms with Crippen molar-refractivity contribution in [3.05, 3.63) is 107 Å². The average Bonchev–Trinajstić information content (AvgIpc) is 3.23. The molecular weight excluding hydrogens is 340 g/mol. The fraction of sp³-hybridized carbons (Fsp3) is 0.192. The van der Waals surface area contributed by atoms with Gasteiger partial charge in [-0.15, -0.1) is 0 Å². The van der Waals surface area contributed by atoms with Crippen LogP contribution in [0, 0.1) is 12.8 Å². The van der Waals surface area contributed by atoms with Gasteiger partial charge in [-0.05, 0) is 59.7 Å². The molecule has 1 aliphatic heterocycles. The number of allylic oxidation sites excluding steroid dienone is 2. The number of aliphatic imine (C=N–C) groups is 1. The monoisotopic (exact) mass is 364 g/mol. The number of benzene rings is 3. The first kappa shape index (κ1) is 17.0. The van der Waals surface area contributed by atoms with Gasteiger partial charge in [-0.3, -0.25) is 4.99 Å². The summed E-state index contributed by atoms with van der Waals surface area (Å²) in [6.07, 6.45) is 7.81. The molecule has 2 heteroatoms. The standard InChI is InChI=1S/C26H24N2/c1-18-7-2-3-8-20(18)17-27-21-15-13-19(14-16-21)26-24-11-6-10-22(24)23-9-4-5-12-25(23)28-26/h2-10,12-17,22,24,26,28H,11H2,1H3/t22-,24-,26-/m0/s1. The summed E-state index contributed by atoms with van der Waals surface area (Å²) >= 11 is 0. The maximum absolute atomic E-state index is 4.67. The SMILES string of the molecule is Cc1ccccc1C=Nc1ccc([C@@H]2Nc3ccccc3[C@@H]3C=CC[C@@H]32)cc1. The number of para-hydroxylation sites is 1. The van der Waals surface area contributed by atoms with Crippen LogP contribution < -0.4 is 5.32 Å². The number of nitrogens with zero attached hydrogens (tertiary/aromatic N) is 1. The van der Waals surface area contributed by atoms with Gasteiger partial charge in [-0.1, -0.05) is 66.7 Å². The predicted octanol–water partition coefficient (Wildman–Crippen LogP) is 6.57. The highest BCUT2D eigenvalue weighted by molar-refractivity contribution is 5.83. The molecule has 0 unspecified atom stereocenters. The van der Waals surface area contributed by atoms with E-state index in [1.165, 1.54) is 22.4 Å². The molecule has 0 saturated carbocycles. The van der Waals surface area contributed by atoms with Gasteiger partial charge >= 0.3 is 0 Å². The van der Waals surface area contributed by atoms with Crippen LogP contribution in [0.15, 0.2) is 89.9 Å². The van der Waals surface area contributed by atoms with Crippen LogP contribution in [0.25, 0.3) is 0 Å². The Morgan fingerprint density at radius 3 is 2.57 bits per heavy atom. The molecular formula is C26H24N2. The van der Waals surface area contributed by atoms with Gasteiger partial charge in [-0.25, -0.2) is 0 Å². The van der Waals surface area contributed by atoms with Crippen LogP contribution in [0.2, 0.25) is 0 Å². The zero-order valence-electron chi connectivity index (χ0n) is 16.0. The molecule has 0 fully saturated rings. The second kappa shape index (κ2) is 7.12. The Morgan fingerprint density at radius 1 is 0.929 bits per heavy atom. The maximum atomic E-state index is 4.67. The Hall–Kier alpha value is -3.13. The Morgan fingerprint density at radius 2 is 1.71 bits per heavy atom. The van der Waals surface area contributed by atoms with Crippen molar-refractivity contribution in [3.63, 3.8) is 0 Å². The molecule has 0 spiro atoms. The molecule has 1 heterocycles. The molecule has 3 aromatic carbocycles. The van der Waals surface area contributed by atoms with E-state index in [0.717, 1.165) is 17.7 Å². The lowest BCUT2D eigenvalue weighted by molar-refractivity contribution is 0.425. The highest BCUT2D eigenvalue weighted by atomic mass is 15.0. The number of nitrogens with one attached hydrogen (secondary N) is 1. The number of fused-ring (bicyclic) bond motifs is 3. The highest BCUT2D eigenvalue weighted by Gasteiger charge is 2.37. The second-order valence-corrected chi connectivity index (χ2v) is 7.77. The van der Waals surface area contributed by atoms with Gasteiger partial charge in [0.25, 0.3) is 0 Å². The number of hydrogen-bond acceptors (Lipinski definition) is 2. The lowest BCUT2D eigenvalue weighted by Crippen LogP contribution is -2.28. The summed E-state index contributed by atoms with van der Waals surface area (Å²) in [6, 6.07) is 26.1. The summed E-state index contributed by atoms with van der Waals surface area (Å²) in [5, 5.41) is 3.79. The number of rotatable bonds is 3. The first-order chi connectivity index (χ1) is 13.8. The average molecular weight is 364 g/mol. The van der Waals surface area contributed by atoms with Gasteiger partial charge in [0.15, 0.2) is 0 Å². The second-order valence-electron chi connectivity index (χ2n) is 7.77. The third-order valence-corrected chi connectivity index (χ3v) is 6.07. The van der Waals surface area contributed by atoms with Crippen molar-refractivity contribution in [2.24, 2.45) is 10.9 Å². The summed E-state index contributed by atoms with van der Waals surface area (Å²) in [5.41, 5.74) is 7.43. The van der Waals surface area contributed by atoms with E-state index in [0.29, 0.717) is 17.9 Å². The van der Waals surface area contributed by atoms with Crippen molar-refractivity contribution in [1.29, 1.82) is 0 Å². The van der Waals surface area contributed by atoms with Crippen molar-refractivity contribution in [1.82, 2.24) is 0 Å². The van der Waals surface area contributed by atoms with Crippen LogP contribution in [0.1, 0.15) is 40.6 Å². The number of hydrogen-bond donors (Lipinski definition) is 1. The third-order valence-electron chi connectivity index (χ3n) is 6.07. The van der Waals surface area contributed by atoms with Crippen LogP contribution in [-0.2, 0) is 0 Å². The molecule has 0 aromatic heterocycles. The van der Waals surface area contributed by atoms with E-state index in [9.17, 15) is 0 Å². The minimum absolute atomic E-state index is 0.337. The van der Waals surface area contributed by atoms with E-state index >= 15 is 0 Å². The molecule has 1 aliphatic carbocycles. The van der Waals surface area contributed by atoms with Gasteiger partial charge in [0.05, 0.1) is 11.7 Å². The van der Waals surface area contributed by atoms with Crippen LogP contribution in [-0.4, -0.2) is 6.21 Å². The predicted molar refractivity (Wildman–Crippen MR) is 118 cm³/mol. The van der Waals surface area contributed by atoms with E-state index in [4.69, 9.17) is 0 Å². The Balaban J connectivity index is 1.40. The Bertz CT molecular complexity index is 1050. The molecule has 5 rings (SSSR count). The van der Waals surface area contributed by atoms with Crippen LogP contribution >= 0.6 is 0 Å². The topological polar surface area (TPSA) is 24.4 Å². The van der Waals surface area contributed by atoms with Crippen molar-refractivity contribution in [2.45, 2.75) is 25.3 Å². The molecule has 0 radical (unpaired) electrons. The van der Waals surface area contributed by atoms with Crippen molar-refractivity contribution in [2.75, 3.05) is 5.32 Å². The van der Waals surface area contributed by atoms with Gasteiger partial charge < -0.3 is 5.32 Å². The maximum Gasteiger partial charge on any atom is 0.0630 e.